The zero-order chi connectivity index (χ0) is 10.9. The van der Waals surface area contributed by atoms with E-state index in [2.05, 4.69) is 0 Å². The van der Waals surface area contributed by atoms with Crippen molar-refractivity contribution in [3.8, 4) is 0 Å². The first-order chi connectivity index (χ1) is 5.54. The highest BCUT2D eigenvalue weighted by atomic mass is 32.2. The molecule has 0 fully saturated rings. The Balaban J connectivity index is 4.77. The lowest BCUT2D eigenvalue weighted by atomic mass is 9.81. The summed E-state index contributed by atoms with van der Waals surface area (Å²) in [5, 5.41) is 0. The van der Waals surface area contributed by atoms with E-state index in [1.165, 1.54) is 0 Å². The maximum absolute atomic E-state index is 11.0. The predicted molar refractivity (Wildman–Crippen MR) is 51.9 cm³/mol. The summed E-state index contributed by atoms with van der Waals surface area (Å²) in [5.74, 6) is -1.35. The lowest BCUT2D eigenvalue weighted by molar-refractivity contribution is -0.124. The molecular formula is C8H17NO3S. The van der Waals surface area contributed by atoms with E-state index in [4.69, 9.17) is 5.73 Å². The Morgan fingerprint density at radius 2 is 1.77 bits per heavy atom. The first-order valence-electron chi connectivity index (χ1n) is 4.01. The third-order valence-corrected chi connectivity index (χ3v) is 2.80. The van der Waals surface area contributed by atoms with Gasteiger partial charge in [0.15, 0.2) is 0 Å². The summed E-state index contributed by atoms with van der Waals surface area (Å²) in [7, 11) is -3.15. The molecule has 13 heavy (non-hydrogen) atoms. The van der Waals surface area contributed by atoms with Gasteiger partial charge in [-0.2, -0.15) is 0 Å². The van der Waals surface area contributed by atoms with Crippen LogP contribution in [0.1, 0.15) is 20.8 Å². The van der Waals surface area contributed by atoms with Crippen molar-refractivity contribution in [3.63, 3.8) is 0 Å². The fourth-order valence-corrected chi connectivity index (χ4v) is 2.33. The normalized spacial score (nSPS) is 15.4. The third-order valence-electron chi connectivity index (χ3n) is 1.86. The smallest absolute Gasteiger partial charge is 0.222 e. The minimum Gasteiger partial charge on any atom is -0.369 e. The quantitative estimate of drug-likeness (QED) is 0.717. The molecule has 0 rings (SSSR count). The third kappa shape index (κ3) is 4.87. The van der Waals surface area contributed by atoms with Crippen molar-refractivity contribution in [3.05, 3.63) is 0 Å². The number of hydrogen-bond donors (Lipinski definition) is 1. The molecule has 0 aliphatic rings. The topological polar surface area (TPSA) is 77.2 Å². The number of sulfone groups is 1. The molecular weight excluding hydrogens is 190 g/mol. The van der Waals surface area contributed by atoms with Crippen LogP contribution in [0.4, 0.5) is 0 Å². The molecule has 1 unspecified atom stereocenters. The van der Waals surface area contributed by atoms with Gasteiger partial charge in [0.05, 0.1) is 11.7 Å². The lowest BCUT2D eigenvalue weighted by Crippen LogP contribution is -2.38. The largest absolute Gasteiger partial charge is 0.369 e. The second kappa shape index (κ2) is 3.65. The fraction of sp³-hybridized carbons (Fsp3) is 0.875. The monoisotopic (exact) mass is 207 g/mol. The first-order valence-corrected chi connectivity index (χ1v) is 6.07. The Kier molecular flexibility index (Phi) is 3.49. The second-order valence-electron chi connectivity index (χ2n) is 4.41. The Labute approximate surface area is 79.4 Å². The Bertz CT molecular complexity index is 287. The molecule has 78 valence electrons. The summed E-state index contributed by atoms with van der Waals surface area (Å²) < 4.78 is 22.0. The van der Waals surface area contributed by atoms with Gasteiger partial charge in [-0.3, -0.25) is 4.79 Å². The maximum atomic E-state index is 11.0. The molecule has 0 aromatic carbocycles. The summed E-state index contributed by atoms with van der Waals surface area (Å²) in [5.41, 5.74) is 4.72. The molecule has 0 aromatic rings. The van der Waals surface area contributed by atoms with Crippen molar-refractivity contribution in [2.24, 2.45) is 17.1 Å². The zero-order valence-electron chi connectivity index (χ0n) is 8.49. The summed E-state index contributed by atoms with van der Waals surface area (Å²) in [6.45, 7) is 5.40. The molecule has 0 aromatic heterocycles. The Morgan fingerprint density at radius 3 is 1.85 bits per heavy atom. The van der Waals surface area contributed by atoms with E-state index in [1.54, 1.807) is 20.8 Å². The van der Waals surface area contributed by atoms with E-state index >= 15 is 0 Å². The lowest BCUT2D eigenvalue weighted by Gasteiger charge is -2.26. The number of hydrogen-bond acceptors (Lipinski definition) is 3. The van der Waals surface area contributed by atoms with Crippen LogP contribution in [0.3, 0.4) is 0 Å². The molecule has 0 radical (unpaired) electrons. The molecule has 0 spiro atoms. The van der Waals surface area contributed by atoms with Crippen LogP contribution in [0.25, 0.3) is 0 Å². The van der Waals surface area contributed by atoms with Crippen molar-refractivity contribution in [2.45, 2.75) is 20.8 Å². The zero-order valence-corrected chi connectivity index (χ0v) is 9.31. The second-order valence-corrected chi connectivity index (χ2v) is 6.60. The van der Waals surface area contributed by atoms with Crippen LogP contribution in [-0.4, -0.2) is 26.3 Å². The summed E-state index contributed by atoms with van der Waals surface area (Å²) in [6, 6.07) is 0. The summed E-state index contributed by atoms with van der Waals surface area (Å²) in [6.07, 6.45) is 1.11. The minimum absolute atomic E-state index is 0.175. The molecule has 1 atom stereocenters. The van der Waals surface area contributed by atoms with Gasteiger partial charge in [0.1, 0.15) is 9.84 Å². The van der Waals surface area contributed by atoms with E-state index < -0.39 is 27.1 Å². The van der Waals surface area contributed by atoms with Gasteiger partial charge in [-0.15, -0.1) is 0 Å². The molecule has 0 saturated carbocycles. The maximum Gasteiger partial charge on any atom is 0.222 e. The van der Waals surface area contributed by atoms with Gasteiger partial charge >= 0.3 is 0 Å². The molecule has 2 N–H and O–H groups in total. The fourth-order valence-electron chi connectivity index (χ4n) is 1.06. The molecule has 0 aliphatic heterocycles. The number of nitrogens with two attached hydrogens (primary N) is 1. The van der Waals surface area contributed by atoms with E-state index in [0.29, 0.717) is 0 Å². The molecule has 4 nitrogen and oxygen atoms in total. The molecule has 1 amide bonds. The van der Waals surface area contributed by atoms with Gasteiger partial charge in [-0.25, -0.2) is 8.42 Å². The standard InChI is InChI=1S/C8H17NO3S/c1-8(2,3)6(7(9)10)5-13(4,11)12/h6H,5H2,1-4H3,(H2,9,10). The molecule has 0 bridgehead atoms. The SMILES string of the molecule is CC(C)(C)C(CS(C)(=O)=O)C(N)=O. The average Bonchev–Trinajstić information content (AvgIpc) is 1.77. The first kappa shape index (κ1) is 12.4. The number of rotatable bonds is 3. The average molecular weight is 207 g/mol. The van der Waals surface area contributed by atoms with E-state index in [-0.39, 0.29) is 5.75 Å². The van der Waals surface area contributed by atoms with Crippen molar-refractivity contribution >= 4 is 15.7 Å². The number of carbonyl (C=O) groups is 1. The van der Waals surface area contributed by atoms with Crippen molar-refractivity contribution in [1.82, 2.24) is 0 Å². The molecule has 5 heteroatoms. The number of carbonyl (C=O) groups excluding carboxylic acids is 1. The van der Waals surface area contributed by atoms with Crippen LogP contribution in [-0.2, 0) is 14.6 Å². The van der Waals surface area contributed by atoms with E-state index in [9.17, 15) is 13.2 Å². The number of amides is 1. The van der Waals surface area contributed by atoms with Crippen molar-refractivity contribution in [1.29, 1.82) is 0 Å². The van der Waals surface area contributed by atoms with Gasteiger partial charge in [0.25, 0.3) is 0 Å². The molecule has 0 saturated heterocycles. The van der Waals surface area contributed by atoms with Gasteiger partial charge in [0.2, 0.25) is 5.91 Å². The van der Waals surface area contributed by atoms with Crippen LogP contribution in [0.15, 0.2) is 0 Å². The summed E-state index contributed by atoms with van der Waals surface area (Å²) in [4.78, 5) is 11.0. The van der Waals surface area contributed by atoms with Crippen LogP contribution >= 0.6 is 0 Å². The molecule has 0 aliphatic carbocycles. The highest BCUT2D eigenvalue weighted by Crippen LogP contribution is 2.26. The predicted octanol–water partition coefficient (Wildman–Crippen LogP) is 0.179. The highest BCUT2D eigenvalue weighted by Gasteiger charge is 2.32. The van der Waals surface area contributed by atoms with Crippen LogP contribution in [0.5, 0.6) is 0 Å². The number of primary amides is 1. The van der Waals surface area contributed by atoms with E-state index in [0.717, 1.165) is 6.26 Å². The van der Waals surface area contributed by atoms with Crippen LogP contribution < -0.4 is 5.73 Å². The van der Waals surface area contributed by atoms with Gasteiger partial charge in [-0.1, -0.05) is 20.8 Å². The van der Waals surface area contributed by atoms with E-state index in [1.807, 2.05) is 0 Å². The van der Waals surface area contributed by atoms with Gasteiger partial charge in [0, 0.05) is 6.26 Å². The highest BCUT2D eigenvalue weighted by molar-refractivity contribution is 7.90. The Hall–Kier alpha value is -0.580. The Morgan fingerprint density at radius 1 is 1.38 bits per heavy atom. The van der Waals surface area contributed by atoms with Crippen LogP contribution in [0.2, 0.25) is 0 Å². The van der Waals surface area contributed by atoms with Gasteiger partial charge in [-0.05, 0) is 5.41 Å². The summed E-state index contributed by atoms with van der Waals surface area (Å²) >= 11 is 0. The molecule has 0 heterocycles. The minimum atomic E-state index is -3.15. The van der Waals surface area contributed by atoms with Gasteiger partial charge < -0.3 is 5.73 Å². The van der Waals surface area contributed by atoms with Crippen LogP contribution in [0, 0.1) is 11.3 Å². The van der Waals surface area contributed by atoms with Crippen molar-refractivity contribution in [2.75, 3.05) is 12.0 Å². The van der Waals surface area contributed by atoms with Crippen molar-refractivity contribution < 1.29 is 13.2 Å².